The van der Waals surface area contributed by atoms with Gasteiger partial charge in [0.05, 0.1) is 6.20 Å². The number of aromatic nitrogens is 3. The summed E-state index contributed by atoms with van der Waals surface area (Å²) in [5.74, 6) is -0.259. The number of carbonyl (C=O) groups excluding carboxylic acids is 1. The van der Waals surface area contributed by atoms with Gasteiger partial charge >= 0.3 is 0 Å². The molecule has 0 radical (unpaired) electrons. The van der Waals surface area contributed by atoms with E-state index in [4.69, 9.17) is 4.52 Å². The van der Waals surface area contributed by atoms with E-state index < -0.39 is 0 Å². The molecule has 1 aromatic carbocycles. The molecule has 1 amide bonds. The van der Waals surface area contributed by atoms with Crippen molar-refractivity contribution in [2.75, 3.05) is 0 Å². The van der Waals surface area contributed by atoms with Crippen LogP contribution < -0.4 is 5.32 Å². The molecule has 6 nitrogen and oxygen atoms in total. The number of rotatable bonds is 5. The summed E-state index contributed by atoms with van der Waals surface area (Å²) in [6, 6.07) is 7.32. The Bertz CT molecular complexity index is 852. The van der Waals surface area contributed by atoms with Crippen LogP contribution in [0.3, 0.4) is 0 Å². The van der Waals surface area contributed by atoms with Gasteiger partial charge in [-0.15, -0.1) is 0 Å². The monoisotopic (exact) mass is 328 g/mol. The lowest BCUT2D eigenvalue weighted by atomic mass is 10.1. The Morgan fingerprint density at radius 3 is 2.75 bits per heavy atom. The predicted octanol–water partition coefficient (Wildman–Crippen LogP) is 2.94. The molecule has 0 aliphatic heterocycles. The molecule has 3 rings (SSSR count). The molecule has 0 atom stereocenters. The Morgan fingerprint density at radius 2 is 2.08 bits per heavy atom. The van der Waals surface area contributed by atoms with E-state index in [1.54, 1.807) is 18.3 Å². The molecule has 0 aliphatic carbocycles. The van der Waals surface area contributed by atoms with Crippen LogP contribution >= 0.6 is 0 Å². The fraction of sp³-hybridized carbons (Fsp3) is 0.235. The quantitative estimate of drug-likeness (QED) is 0.781. The average Bonchev–Trinajstić information content (AvgIpc) is 3.20. The number of nitrogens with zero attached hydrogens (tertiary/aromatic N) is 3. The third-order valence-corrected chi connectivity index (χ3v) is 3.82. The Morgan fingerprint density at radius 1 is 1.33 bits per heavy atom. The lowest BCUT2D eigenvalue weighted by molar-refractivity contribution is 0.0942. The maximum absolute atomic E-state index is 12.9. The standard InChI is InChI=1S/C17H17FN4O2/c1-3-22-11(2)13(10-20-22)9-19-17(23)15-8-16(24-21-15)12-4-6-14(18)7-5-12/h4-8,10H,3,9H2,1-2H3,(H,19,23). The summed E-state index contributed by atoms with van der Waals surface area (Å²) in [4.78, 5) is 12.2. The summed E-state index contributed by atoms with van der Waals surface area (Å²) < 4.78 is 20.0. The molecular formula is C17H17FN4O2. The fourth-order valence-electron chi connectivity index (χ4n) is 2.38. The molecule has 0 fully saturated rings. The molecule has 7 heteroatoms. The number of aryl methyl sites for hydroxylation is 1. The van der Waals surface area contributed by atoms with E-state index in [0.29, 0.717) is 17.9 Å². The van der Waals surface area contributed by atoms with E-state index in [2.05, 4.69) is 15.6 Å². The molecule has 0 saturated carbocycles. The summed E-state index contributed by atoms with van der Waals surface area (Å²) in [6.45, 7) is 5.11. The third kappa shape index (κ3) is 3.19. The average molecular weight is 328 g/mol. The predicted molar refractivity (Wildman–Crippen MR) is 85.7 cm³/mol. The van der Waals surface area contributed by atoms with Gasteiger partial charge in [0, 0.05) is 36.0 Å². The zero-order valence-corrected chi connectivity index (χ0v) is 13.4. The maximum atomic E-state index is 12.9. The topological polar surface area (TPSA) is 73.0 Å². The van der Waals surface area contributed by atoms with Gasteiger partial charge in [-0.1, -0.05) is 5.16 Å². The van der Waals surface area contributed by atoms with Gasteiger partial charge in [-0.05, 0) is 38.1 Å². The van der Waals surface area contributed by atoms with Gasteiger partial charge in [0.25, 0.3) is 5.91 Å². The Hall–Kier alpha value is -2.96. The smallest absolute Gasteiger partial charge is 0.273 e. The second-order valence-corrected chi connectivity index (χ2v) is 5.34. The molecule has 0 spiro atoms. The third-order valence-electron chi connectivity index (χ3n) is 3.82. The molecule has 1 N–H and O–H groups in total. The number of hydrogen-bond acceptors (Lipinski definition) is 4. The van der Waals surface area contributed by atoms with Crippen LogP contribution in [0.1, 0.15) is 28.7 Å². The number of carbonyl (C=O) groups is 1. The van der Waals surface area contributed by atoms with Crippen molar-refractivity contribution >= 4 is 5.91 Å². The van der Waals surface area contributed by atoms with Crippen molar-refractivity contribution in [3.8, 4) is 11.3 Å². The maximum Gasteiger partial charge on any atom is 0.273 e. The van der Waals surface area contributed by atoms with Crippen molar-refractivity contribution in [3.05, 3.63) is 59.3 Å². The van der Waals surface area contributed by atoms with Crippen LogP contribution in [-0.2, 0) is 13.1 Å². The Labute approximate surface area is 138 Å². The van der Waals surface area contributed by atoms with Crippen molar-refractivity contribution < 1.29 is 13.7 Å². The van der Waals surface area contributed by atoms with Crippen LogP contribution in [0.5, 0.6) is 0 Å². The van der Waals surface area contributed by atoms with Crippen LogP contribution in [0, 0.1) is 12.7 Å². The molecule has 0 bridgehead atoms. The minimum absolute atomic E-state index is 0.176. The summed E-state index contributed by atoms with van der Waals surface area (Å²) in [6.07, 6.45) is 1.74. The first-order chi connectivity index (χ1) is 11.6. The van der Waals surface area contributed by atoms with Gasteiger partial charge in [0.1, 0.15) is 5.82 Å². The summed E-state index contributed by atoms with van der Waals surface area (Å²) in [7, 11) is 0. The molecule has 0 saturated heterocycles. The Kier molecular flexibility index (Phi) is 4.41. The highest BCUT2D eigenvalue weighted by Gasteiger charge is 2.14. The largest absolute Gasteiger partial charge is 0.355 e. The van der Waals surface area contributed by atoms with Gasteiger partial charge in [-0.2, -0.15) is 5.10 Å². The zero-order chi connectivity index (χ0) is 17.1. The molecular weight excluding hydrogens is 311 g/mol. The molecule has 0 aliphatic rings. The molecule has 24 heavy (non-hydrogen) atoms. The highest BCUT2D eigenvalue weighted by molar-refractivity contribution is 5.93. The van der Waals surface area contributed by atoms with Crippen molar-refractivity contribution in [1.29, 1.82) is 0 Å². The van der Waals surface area contributed by atoms with Crippen LogP contribution in [0.2, 0.25) is 0 Å². The van der Waals surface area contributed by atoms with Crippen LogP contribution in [0.25, 0.3) is 11.3 Å². The number of hydrogen-bond donors (Lipinski definition) is 1. The number of nitrogens with one attached hydrogen (secondary N) is 1. The summed E-state index contributed by atoms with van der Waals surface area (Å²) in [5, 5.41) is 10.8. The first kappa shape index (κ1) is 15.9. The fourth-order valence-corrected chi connectivity index (χ4v) is 2.38. The van der Waals surface area contributed by atoms with Crippen molar-refractivity contribution in [1.82, 2.24) is 20.3 Å². The first-order valence-corrected chi connectivity index (χ1v) is 7.60. The molecule has 3 aromatic rings. The van der Waals surface area contributed by atoms with Crippen LogP contribution in [-0.4, -0.2) is 20.8 Å². The van der Waals surface area contributed by atoms with Crippen molar-refractivity contribution in [3.63, 3.8) is 0 Å². The van der Waals surface area contributed by atoms with Crippen LogP contribution in [0.4, 0.5) is 4.39 Å². The summed E-state index contributed by atoms with van der Waals surface area (Å²) >= 11 is 0. The van der Waals surface area contributed by atoms with E-state index in [1.165, 1.54) is 18.2 Å². The van der Waals surface area contributed by atoms with E-state index in [0.717, 1.165) is 17.8 Å². The van der Waals surface area contributed by atoms with Crippen LogP contribution in [0.15, 0.2) is 41.1 Å². The van der Waals surface area contributed by atoms with Gasteiger partial charge in [0.2, 0.25) is 0 Å². The number of benzene rings is 1. The van der Waals surface area contributed by atoms with Gasteiger partial charge in [0.15, 0.2) is 11.5 Å². The highest BCUT2D eigenvalue weighted by Crippen LogP contribution is 2.20. The van der Waals surface area contributed by atoms with Crippen molar-refractivity contribution in [2.24, 2.45) is 0 Å². The lowest BCUT2D eigenvalue weighted by Crippen LogP contribution is -2.23. The normalized spacial score (nSPS) is 10.8. The van der Waals surface area contributed by atoms with Gasteiger partial charge < -0.3 is 9.84 Å². The molecule has 2 aromatic heterocycles. The molecule has 0 unspecified atom stereocenters. The van der Waals surface area contributed by atoms with E-state index in [1.807, 2.05) is 18.5 Å². The minimum Gasteiger partial charge on any atom is -0.355 e. The van der Waals surface area contributed by atoms with Gasteiger partial charge in [-0.25, -0.2) is 4.39 Å². The zero-order valence-electron chi connectivity index (χ0n) is 13.4. The highest BCUT2D eigenvalue weighted by atomic mass is 19.1. The number of amides is 1. The SMILES string of the molecule is CCn1ncc(CNC(=O)c2cc(-c3ccc(F)cc3)on2)c1C. The lowest BCUT2D eigenvalue weighted by Gasteiger charge is -2.03. The van der Waals surface area contributed by atoms with E-state index in [-0.39, 0.29) is 17.4 Å². The second kappa shape index (κ2) is 6.66. The van der Waals surface area contributed by atoms with E-state index >= 15 is 0 Å². The van der Waals surface area contributed by atoms with Crippen molar-refractivity contribution in [2.45, 2.75) is 26.9 Å². The minimum atomic E-state index is -0.337. The van der Waals surface area contributed by atoms with Gasteiger partial charge in [-0.3, -0.25) is 9.48 Å². The molecule has 124 valence electrons. The Balaban J connectivity index is 1.67. The second-order valence-electron chi connectivity index (χ2n) is 5.34. The summed E-state index contributed by atoms with van der Waals surface area (Å²) in [5.41, 5.74) is 2.80. The molecule has 2 heterocycles. The number of halogens is 1. The first-order valence-electron chi connectivity index (χ1n) is 7.60. The van der Waals surface area contributed by atoms with E-state index in [9.17, 15) is 9.18 Å².